The molecule has 0 aliphatic heterocycles. The first kappa shape index (κ1) is 16.8. The van der Waals surface area contributed by atoms with Crippen molar-refractivity contribution in [3.8, 4) is 5.75 Å². The van der Waals surface area contributed by atoms with Gasteiger partial charge in [-0.15, -0.1) is 0 Å². The smallest absolute Gasteiger partial charge is 0.137 e. The molecule has 3 heteroatoms. The van der Waals surface area contributed by atoms with Crippen LogP contribution in [0.2, 0.25) is 0 Å². The van der Waals surface area contributed by atoms with Crippen molar-refractivity contribution in [2.24, 2.45) is 17.6 Å². The highest BCUT2D eigenvalue weighted by Gasteiger charge is 2.26. The van der Waals surface area contributed by atoms with Crippen molar-refractivity contribution in [2.45, 2.75) is 65.0 Å². The topological polar surface area (TPSA) is 35.2 Å². The average molecular weight is 354 g/mol. The van der Waals surface area contributed by atoms with Gasteiger partial charge in [0.1, 0.15) is 5.75 Å². The van der Waals surface area contributed by atoms with Crippen molar-refractivity contribution < 1.29 is 4.74 Å². The normalized spacial score (nSPS) is 27.4. The lowest BCUT2D eigenvalue weighted by Gasteiger charge is -2.32. The Labute approximate surface area is 137 Å². The molecule has 1 aliphatic rings. The van der Waals surface area contributed by atoms with Crippen molar-refractivity contribution in [2.75, 3.05) is 0 Å². The molecule has 2 N–H and O–H groups in total. The second-order valence-corrected chi connectivity index (χ2v) is 7.61. The molecular formula is C18H28BrNO. The third-order valence-electron chi connectivity index (χ3n) is 4.47. The number of nitrogens with two attached hydrogens (primary N) is 1. The quantitative estimate of drug-likeness (QED) is 0.813. The molecule has 0 saturated heterocycles. The molecule has 1 fully saturated rings. The van der Waals surface area contributed by atoms with Gasteiger partial charge in [-0.05, 0) is 71.5 Å². The number of ether oxygens (including phenoxy) is 1. The minimum absolute atomic E-state index is 0.200. The van der Waals surface area contributed by atoms with Crippen LogP contribution in [0.3, 0.4) is 0 Å². The van der Waals surface area contributed by atoms with E-state index in [9.17, 15) is 0 Å². The van der Waals surface area contributed by atoms with E-state index in [0.717, 1.165) is 47.7 Å². The van der Waals surface area contributed by atoms with Gasteiger partial charge in [-0.3, -0.25) is 0 Å². The van der Waals surface area contributed by atoms with E-state index < -0.39 is 0 Å². The Morgan fingerprint density at radius 1 is 1.24 bits per heavy atom. The van der Waals surface area contributed by atoms with Crippen LogP contribution in [0.1, 0.15) is 52.0 Å². The molecule has 3 unspecified atom stereocenters. The van der Waals surface area contributed by atoms with E-state index in [0.29, 0.717) is 6.10 Å². The largest absolute Gasteiger partial charge is 0.489 e. The van der Waals surface area contributed by atoms with Gasteiger partial charge in [0.2, 0.25) is 0 Å². The number of hydrogen-bond acceptors (Lipinski definition) is 2. The van der Waals surface area contributed by atoms with E-state index in [1.807, 2.05) is 0 Å². The lowest BCUT2D eigenvalue weighted by Crippen LogP contribution is -2.29. The van der Waals surface area contributed by atoms with Crippen molar-refractivity contribution in [1.82, 2.24) is 0 Å². The van der Waals surface area contributed by atoms with Crippen LogP contribution in [0, 0.1) is 11.8 Å². The molecule has 1 aromatic carbocycles. The van der Waals surface area contributed by atoms with Crippen LogP contribution < -0.4 is 10.5 Å². The molecule has 0 heterocycles. The molecule has 0 amide bonds. The molecule has 118 valence electrons. The molecule has 21 heavy (non-hydrogen) atoms. The minimum atomic E-state index is 0.200. The molecule has 0 bridgehead atoms. The molecule has 1 aromatic rings. The van der Waals surface area contributed by atoms with Crippen molar-refractivity contribution >= 4 is 15.9 Å². The summed E-state index contributed by atoms with van der Waals surface area (Å²) in [6.07, 6.45) is 5.84. The highest BCUT2D eigenvalue weighted by Crippen LogP contribution is 2.36. The number of halogens is 1. The second-order valence-electron chi connectivity index (χ2n) is 6.76. The van der Waals surface area contributed by atoms with Crippen LogP contribution >= 0.6 is 15.9 Å². The molecule has 0 spiro atoms. The monoisotopic (exact) mass is 353 g/mol. The van der Waals surface area contributed by atoms with Crippen LogP contribution in [0.4, 0.5) is 0 Å². The summed E-state index contributed by atoms with van der Waals surface area (Å²) in [5.74, 6) is 2.51. The van der Waals surface area contributed by atoms with Crippen LogP contribution in [-0.4, -0.2) is 12.1 Å². The van der Waals surface area contributed by atoms with E-state index in [4.69, 9.17) is 10.5 Å². The Morgan fingerprint density at radius 2 is 1.90 bits per heavy atom. The second kappa shape index (κ2) is 7.64. The van der Waals surface area contributed by atoms with Gasteiger partial charge in [-0.1, -0.05) is 32.9 Å². The van der Waals surface area contributed by atoms with Crippen LogP contribution in [0.15, 0.2) is 22.7 Å². The number of rotatable bonds is 5. The van der Waals surface area contributed by atoms with Gasteiger partial charge in [0.15, 0.2) is 0 Å². The zero-order valence-corrected chi connectivity index (χ0v) is 15.0. The van der Waals surface area contributed by atoms with Gasteiger partial charge in [0, 0.05) is 6.04 Å². The van der Waals surface area contributed by atoms with E-state index in [1.165, 1.54) is 12.0 Å². The Morgan fingerprint density at radius 3 is 2.52 bits per heavy atom. The minimum Gasteiger partial charge on any atom is -0.489 e. The first-order valence-corrected chi connectivity index (χ1v) is 8.98. The maximum Gasteiger partial charge on any atom is 0.137 e. The maximum atomic E-state index is 6.40. The van der Waals surface area contributed by atoms with E-state index >= 15 is 0 Å². The first-order chi connectivity index (χ1) is 9.99. The molecule has 3 atom stereocenters. The van der Waals surface area contributed by atoms with Gasteiger partial charge >= 0.3 is 0 Å². The fourth-order valence-corrected chi connectivity index (χ4v) is 3.91. The Kier molecular flexibility index (Phi) is 6.12. The zero-order valence-electron chi connectivity index (χ0n) is 13.4. The average Bonchev–Trinajstić information content (AvgIpc) is 2.41. The van der Waals surface area contributed by atoms with E-state index in [-0.39, 0.29) is 6.04 Å². The summed E-state index contributed by atoms with van der Waals surface area (Å²) in [7, 11) is 0. The highest BCUT2D eigenvalue weighted by molar-refractivity contribution is 9.10. The summed E-state index contributed by atoms with van der Waals surface area (Å²) < 4.78 is 7.45. The maximum absolute atomic E-state index is 6.40. The first-order valence-electron chi connectivity index (χ1n) is 8.19. The molecular weight excluding hydrogens is 326 g/mol. The van der Waals surface area contributed by atoms with Gasteiger partial charge in [-0.2, -0.15) is 0 Å². The summed E-state index contributed by atoms with van der Waals surface area (Å²) in [5, 5.41) is 0. The van der Waals surface area contributed by atoms with Crippen molar-refractivity contribution in [1.29, 1.82) is 0 Å². The van der Waals surface area contributed by atoms with Gasteiger partial charge in [0.25, 0.3) is 0 Å². The van der Waals surface area contributed by atoms with Gasteiger partial charge in [-0.25, -0.2) is 0 Å². The molecule has 1 saturated carbocycles. The standard InChI is InChI=1S/C18H28BrNO/c1-4-15(20)11-14-6-5-7-17(19)18(14)21-16-9-12(2)8-13(3)10-16/h5-7,12-13,15-16H,4,8-11,20H2,1-3H3. The molecule has 0 aromatic heterocycles. The summed E-state index contributed by atoms with van der Waals surface area (Å²) in [6, 6.07) is 6.48. The van der Waals surface area contributed by atoms with Crippen LogP contribution in [0.25, 0.3) is 0 Å². The Hall–Kier alpha value is -0.540. The fraction of sp³-hybridized carbons (Fsp3) is 0.667. The van der Waals surface area contributed by atoms with E-state index in [1.54, 1.807) is 0 Å². The fourth-order valence-electron chi connectivity index (χ4n) is 3.41. The number of hydrogen-bond donors (Lipinski definition) is 1. The number of para-hydroxylation sites is 1. The molecule has 2 rings (SSSR count). The third kappa shape index (κ3) is 4.72. The Balaban J connectivity index is 2.14. The van der Waals surface area contributed by atoms with Crippen molar-refractivity contribution in [3.63, 3.8) is 0 Å². The van der Waals surface area contributed by atoms with E-state index in [2.05, 4.69) is 54.9 Å². The van der Waals surface area contributed by atoms with Gasteiger partial charge < -0.3 is 10.5 Å². The molecule has 0 radical (unpaired) electrons. The summed E-state index contributed by atoms with van der Waals surface area (Å²) in [4.78, 5) is 0. The summed E-state index contributed by atoms with van der Waals surface area (Å²) in [5.41, 5.74) is 7.36. The molecule has 2 nitrogen and oxygen atoms in total. The number of benzene rings is 1. The SMILES string of the molecule is CCC(N)Cc1cccc(Br)c1OC1CC(C)CC(C)C1. The third-order valence-corrected chi connectivity index (χ3v) is 5.10. The Bertz CT molecular complexity index is 453. The predicted octanol–water partition coefficient (Wildman–Crippen LogP) is 4.93. The summed E-state index contributed by atoms with van der Waals surface area (Å²) in [6.45, 7) is 6.80. The lowest BCUT2D eigenvalue weighted by atomic mass is 9.82. The van der Waals surface area contributed by atoms with Crippen LogP contribution in [0.5, 0.6) is 5.75 Å². The summed E-state index contributed by atoms with van der Waals surface area (Å²) >= 11 is 3.65. The predicted molar refractivity (Wildman–Crippen MR) is 92.7 cm³/mol. The zero-order chi connectivity index (χ0) is 15.4. The lowest BCUT2D eigenvalue weighted by molar-refractivity contribution is 0.0992. The van der Waals surface area contributed by atoms with Crippen LogP contribution in [-0.2, 0) is 6.42 Å². The van der Waals surface area contributed by atoms with Crippen molar-refractivity contribution in [3.05, 3.63) is 28.2 Å². The van der Waals surface area contributed by atoms with Gasteiger partial charge in [0.05, 0.1) is 10.6 Å². The molecule has 1 aliphatic carbocycles. The highest BCUT2D eigenvalue weighted by atomic mass is 79.9.